The monoisotopic (exact) mass is 644 g/mol. The standard InChI is InChI=1S/C25H38N8O5.C2HF3O2/c1-4-16-21(35)33-19(15-9-6-5-7-10-15)24(38)29-13-18(32-20(34)14(2)3)23(37)31-17(22(36)30-16)11-8-12-28-25(26)27;3-2(4,5)1(6)7/h5-7,9-10,14,16-19H,4,8,11-13H2,1-3H3,(H,29,38)(H,30,36)(H,31,37)(H,32,34)(H,33,35)(H4,26,27,28);(H,6,7)/t16-,17-,18+,19+;/m0./s1. The number of nitrogens with two attached hydrogens (primary N) is 2. The molecule has 18 heteroatoms. The zero-order valence-corrected chi connectivity index (χ0v) is 24.9. The second kappa shape index (κ2) is 18.0. The number of guanidine groups is 1. The number of nitrogens with zero attached hydrogens (tertiary/aromatic N) is 1. The number of benzene rings is 1. The largest absolute Gasteiger partial charge is 0.490 e. The summed E-state index contributed by atoms with van der Waals surface area (Å²) in [6.07, 6.45) is -4.33. The number of hydrogen-bond donors (Lipinski definition) is 8. The summed E-state index contributed by atoms with van der Waals surface area (Å²) in [4.78, 5) is 78.0. The predicted molar refractivity (Wildman–Crippen MR) is 155 cm³/mol. The normalized spacial score (nSPS) is 21.1. The van der Waals surface area contributed by atoms with Crippen molar-refractivity contribution in [3.05, 3.63) is 35.9 Å². The molecule has 1 aromatic carbocycles. The Morgan fingerprint density at radius 2 is 1.53 bits per heavy atom. The van der Waals surface area contributed by atoms with Gasteiger partial charge in [0.1, 0.15) is 24.2 Å². The molecule has 0 aliphatic carbocycles. The van der Waals surface area contributed by atoms with Gasteiger partial charge in [0.25, 0.3) is 0 Å². The average molecular weight is 645 g/mol. The van der Waals surface area contributed by atoms with Crippen molar-refractivity contribution in [1.29, 1.82) is 0 Å². The van der Waals surface area contributed by atoms with Crippen LogP contribution in [-0.2, 0) is 28.8 Å². The van der Waals surface area contributed by atoms with E-state index in [-0.39, 0.29) is 31.9 Å². The summed E-state index contributed by atoms with van der Waals surface area (Å²) in [5.74, 6) is -6.07. The van der Waals surface area contributed by atoms with Crippen LogP contribution in [0.3, 0.4) is 0 Å². The van der Waals surface area contributed by atoms with E-state index in [2.05, 4.69) is 31.6 Å². The van der Waals surface area contributed by atoms with Gasteiger partial charge in [0.2, 0.25) is 29.5 Å². The van der Waals surface area contributed by atoms with E-state index in [1.54, 1.807) is 51.1 Å². The minimum absolute atomic E-state index is 0.101. The lowest BCUT2D eigenvalue weighted by Gasteiger charge is -2.24. The number of carbonyl (C=O) groups excluding carboxylic acids is 5. The Bertz CT molecular complexity index is 1220. The molecule has 0 spiro atoms. The van der Waals surface area contributed by atoms with Crippen molar-refractivity contribution in [1.82, 2.24) is 26.6 Å². The van der Waals surface area contributed by atoms with E-state index in [4.69, 9.17) is 21.4 Å². The van der Waals surface area contributed by atoms with Crippen molar-refractivity contribution in [3.8, 4) is 0 Å². The fraction of sp³-hybridized carbons (Fsp3) is 0.519. The quantitative estimate of drug-likeness (QED) is 0.0999. The molecule has 1 aliphatic heterocycles. The van der Waals surface area contributed by atoms with Gasteiger partial charge in [0.05, 0.1) is 0 Å². The number of nitrogens with one attached hydrogen (secondary N) is 5. The third-order valence-corrected chi connectivity index (χ3v) is 6.18. The molecule has 1 heterocycles. The van der Waals surface area contributed by atoms with Crippen LogP contribution in [0.4, 0.5) is 13.2 Å². The Morgan fingerprint density at radius 3 is 2.04 bits per heavy atom. The number of carbonyl (C=O) groups is 6. The first kappa shape index (κ1) is 38.1. The Balaban J connectivity index is 0.00000129. The van der Waals surface area contributed by atoms with E-state index in [1.807, 2.05) is 0 Å². The van der Waals surface area contributed by atoms with Crippen molar-refractivity contribution in [2.24, 2.45) is 22.4 Å². The number of carboxylic acid groups (broad SMARTS) is 1. The fourth-order valence-electron chi connectivity index (χ4n) is 3.71. The zero-order valence-electron chi connectivity index (χ0n) is 24.9. The van der Waals surface area contributed by atoms with Gasteiger partial charge in [-0.3, -0.25) is 29.0 Å². The van der Waals surface area contributed by atoms with Crippen LogP contribution in [0, 0.1) is 5.92 Å². The SMILES string of the molecule is CC[C@@H]1NC(=O)[C@H](CCCN=C(N)N)NC(=O)[C@H](NC(=O)C(C)C)CNC(=O)[C@@H](c2ccccc2)NC1=O.O=C(O)C(F)(F)F. The molecular weight excluding hydrogens is 605 g/mol. The van der Waals surface area contributed by atoms with Gasteiger partial charge in [0.15, 0.2) is 5.96 Å². The second-order valence-corrected chi connectivity index (χ2v) is 10.1. The van der Waals surface area contributed by atoms with Crippen LogP contribution in [0.15, 0.2) is 35.3 Å². The molecule has 0 aromatic heterocycles. The van der Waals surface area contributed by atoms with Gasteiger partial charge in [0, 0.05) is 19.0 Å². The van der Waals surface area contributed by atoms with E-state index in [0.29, 0.717) is 12.0 Å². The van der Waals surface area contributed by atoms with E-state index in [9.17, 15) is 37.1 Å². The first-order valence-electron chi connectivity index (χ1n) is 13.9. The molecule has 0 unspecified atom stereocenters. The number of amides is 5. The Hall–Kier alpha value is -4.90. The van der Waals surface area contributed by atoms with Crippen LogP contribution in [0.1, 0.15) is 51.6 Å². The summed E-state index contributed by atoms with van der Waals surface area (Å²) >= 11 is 0. The smallest absolute Gasteiger partial charge is 0.475 e. The number of aliphatic carboxylic acids is 1. The number of alkyl halides is 3. The van der Waals surface area contributed by atoms with E-state index in [0.717, 1.165) is 0 Å². The number of rotatable bonds is 8. The third kappa shape index (κ3) is 13.5. The van der Waals surface area contributed by atoms with Crippen LogP contribution in [0.2, 0.25) is 0 Å². The molecule has 45 heavy (non-hydrogen) atoms. The van der Waals surface area contributed by atoms with Crippen LogP contribution < -0.4 is 38.1 Å². The van der Waals surface area contributed by atoms with Crippen LogP contribution in [0.25, 0.3) is 0 Å². The third-order valence-electron chi connectivity index (χ3n) is 6.18. The number of halogens is 3. The van der Waals surface area contributed by atoms with Gasteiger partial charge in [-0.2, -0.15) is 13.2 Å². The predicted octanol–water partition coefficient (Wildman–Crippen LogP) is -0.819. The number of carboxylic acids is 1. The molecule has 0 saturated carbocycles. The molecule has 1 saturated heterocycles. The lowest BCUT2D eigenvalue weighted by atomic mass is 10.0. The van der Waals surface area contributed by atoms with Crippen molar-refractivity contribution in [3.63, 3.8) is 0 Å². The van der Waals surface area contributed by atoms with Gasteiger partial charge in [-0.1, -0.05) is 51.1 Å². The van der Waals surface area contributed by atoms with Gasteiger partial charge < -0.3 is 43.2 Å². The average Bonchev–Trinajstić information content (AvgIpc) is 2.97. The molecule has 1 aliphatic rings. The molecule has 1 aromatic rings. The molecule has 250 valence electrons. The molecule has 0 bridgehead atoms. The first-order chi connectivity index (χ1) is 21.0. The molecule has 0 radical (unpaired) electrons. The van der Waals surface area contributed by atoms with E-state index < -0.39 is 71.8 Å². The lowest BCUT2D eigenvalue weighted by Crippen LogP contribution is -2.58. The second-order valence-electron chi connectivity index (χ2n) is 10.1. The van der Waals surface area contributed by atoms with Crippen molar-refractivity contribution < 1.29 is 47.0 Å². The van der Waals surface area contributed by atoms with Crippen molar-refractivity contribution in [2.75, 3.05) is 13.1 Å². The van der Waals surface area contributed by atoms with Crippen LogP contribution in [0.5, 0.6) is 0 Å². The highest BCUT2D eigenvalue weighted by molar-refractivity contribution is 5.97. The Morgan fingerprint density at radius 1 is 0.978 bits per heavy atom. The molecule has 2 rings (SSSR count). The van der Waals surface area contributed by atoms with Gasteiger partial charge in [-0.05, 0) is 24.8 Å². The summed E-state index contributed by atoms with van der Waals surface area (Å²) < 4.78 is 31.7. The molecular formula is C27H39F3N8O7. The maximum absolute atomic E-state index is 13.2. The molecule has 15 nitrogen and oxygen atoms in total. The number of aliphatic imine (C=N–C) groups is 1. The van der Waals surface area contributed by atoms with Crippen LogP contribution >= 0.6 is 0 Å². The Labute approximate surface area is 257 Å². The maximum Gasteiger partial charge on any atom is 0.490 e. The minimum Gasteiger partial charge on any atom is -0.475 e. The van der Waals surface area contributed by atoms with Gasteiger partial charge in [-0.15, -0.1) is 0 Å². The molecule has 4 atom stereocenters. The first-order valence-corrected chi connectivity index (χ1v) is 13.9. The van der Waals surface area contributed by atoms with Gasteiger partial charge >= 0.3 is 12.1 Å². The summed E-state index contributed by atoms with van der Waals surface area (Å²) in [5.41, 5.74) is 11.2. The molecule has 1 fully saturated rings. The zero-order chi connectivity index (χ0) is 34.3. The highest BCUT2D eigenvalue weighted by Crippen LogP contribution is 2.15. The van der Waals surface area contributed by atoms with Gasteiger partial charge in [-0.25, -0.2) is 4.79 Å². The summed E-state index contributed by atoms with van der Waals surface area (Å²) in [6, 6.07) is 4.31. The lowest BCUT2D eigenvalue weighted by molar-refractivity contribution is -0.192. The highest BCUT2D eigenvalue weighted by Gasteiger charge is 2.38. The molecule has 10 N–H and O–H groups in total. The topological polar surface area (TPSA) is 247 Å². The summed E-state index contributed by atoms with van der Waals surface area (Å²) in [5, 5.41) is 20.4. The van der Waals surface area contributed by atoms with E-state index in [1.165, 1.54) is 0 Å². The fourth-order valence-corrected chi connectivity index (χ4v) is 3.71. The maximum atomic E-state index is 13.2. The van der Waals surface area contributed by atoms with Crippen molar-refractivity contribution in [2.45, 2.75) is 70.4 Å². The van der Waals surface area contributed by atoms with Crippen LogP contribution in [-0.4, -0.2) is 84.0 Å². The minimum atomic E-state index is -5.08. The molecule has 5 amide bonds. The van der Waals surface area contributed by atoms with Crippen molar-refractivity contribution >= 4 is 41.5 Å². The van der Waals surface area contributed by atoms with E-state index >= 15 is 0 Å². The Kier molecular flexibility index (Phi) is 15.3. The highest BCUT2D eigenvalue weighted by atomic mass is 19.4. The summed E-state index contributed by atoms with van der Waals surface area (Å²) in [6.45, 7) is 5.00. The summed E-state index contributed by atoms with van der Waals surface area (Å²) in [7, 11) is 0. The number of hydrogen-bond acceptors (Lipinski definition) is 7.